The summed E-state index contributed by atoms with van der Waals surface area (Å²) in [5.74, 6) is -0.272. The minimum Gasteiger partial charge on any atom is -0.395 e. The van der Waals surface area contributed by atoms with Crippen LogP contribution in [0.2, 0.25) is 0 Å². The highest BCUT2D eigenvalue weighted by atomic mass is 19.4. The van der Waals surface area contributed by atoms with Gasteiger partial charge in [0.15, 0.2) is 5.60 Å². The van der Waals surface area contributed by atoms with Crippen LogP contribution in [-0.2, 0) is 11.0 Å². The van der Waals surface area contributed by atoms with E-state index < -0.39 is 17.2 Å². The van der Waals surface area contributed by atoms with Crippen LogP contribution in [0.25, 0.3) is 0 Å². The molecule has 2 N–H and O–H groups in total. The standard InChI is InChI=1S/C23H28F3N3O3/c1-3-29(18-8-10-22(15-30,11-9-18)19-14-27-12-13-28-19)20(31)16-4-6-17(7-5-16)21(2,32)23(24,25)26/h4-7,12-14,18,30,32H,3,8-11,15H2,1-2H3. The van der Waals surface area contributed by atoms with Crippen LogP contribution in [-0.4, -0.2) is 56.4 Å². The van der Waals surface area contributed by atoms with Crippen molar-refractivity contribution < 1.29 is 28.2 Å². The first-order valence-corrected chi connectivity index (χ1v) is 10.6. The fraction of sp³-hybridized carbons (Fsp3) is 0.522. The first-order chi connectivity index (χ1) is 15.1. The lowest BCUT2D eigenvalue weighted by atomic mass is 9.70. The number of aromatic nitrogens is 2. The number of amides is 1. The highest BCUT2D eigenvalue weighted by Gasteiger charge is 2.51. The maximum Gasteiger partial charge on any atom is 0.421 e. The van der Waals surface area contributed by atoms with E-state index in [-0.39, 0.29) is 29.7 Å². The Kier molecular flexibility index (Phi) is 6.90. The van der Waals surface area contributed by atoms with Crippen molar-refractivity contribution in [1.82, 2.24) is 14.9 Å². The fourth-order valence-corrected chi connectivity index (χ4v) is 4.37. The summed E-state index contributed by atoms with van der Waals surface area (Å²) in [5, 5.41) is 19.9. The molecule has 1 atom stereocenters. The number of benzene rings is 1. The molecule has 0 spiro atoms. The second kappa shape index (κ2) is 9.15. The van der Waals surface area contributed by atoms with Gasteiger partial charge in [-0.05, 0) is 57.2 Å². The topological polar surface area (TPSA) is 86.6 Å². The van der Waals surface area contributed by atoms with E-state index in [4.69, 9.17) is 0 Å². The average molecular weight is 451 g/mol. The fourth-order valence-electron chi connectivity index (χ4n) is 4.37. The maximum atomic E-state index is 13.1. The number of hydrogen-bond donors (Lipinski definition) is 2. The maximum absolute atomic E-state index is 13.1. The van der Waals surface area contributed by atoms with E-state index in [0.717, 1.165) is 17.8 Å². The average Bonchev–Trinajstić information content (AvgIpc) is 2.80. The number of hydrogen-bond acceptors (Lipinski definition) is 5. The summed E-state index contributed by atoms with van der Waals surface area (Å²) in [6.07, 6.45) is 2.63. The lowest BCUT2D eigenvalue weighted by Gasteiger charge is -2.42. The molecule has 9 heteroatoms. The summed E-state index contributed by atoms with van der Waals surface area (Å²) >= 11 is 0. The molecule has 3 rings (SSSR count). The largest absolute Gasteiger partial charge is 0.421 e. The van der Waals surface area contributed by atoms with Crippen molar-refractivity contribution in [3.63, 3.8) is 0 Å². The van der Waals surface area contributed by atoms with Crippen LogP contribution in [0.3, 0.4) is 0 Å². The molecule has 32 heavy (non-hydrogen) atoms. The van der Waals surface area contributed by atoms with Gasteiger partial charge in [-0.15, -0.1) is 0 Å². The summed E-state index contributed by atoms with van der Waals surface area (Å²) in [6, 6.07) is 4.87. The van der Waals surface area contributed by atoms with E-state index >= 15 is 0 Å². The molecule has 1 heterocycles. The number of aliphatic hydroxyl groups is 2. The normalized spacial score (nSPS) is 23.4. The number of halogens is 3. The molecule has 1 amide bonds. The van der Waals surface area contributed by atoms with E-state index in [1.54, 1.807) is 23.5 Å². The summed E-state index contributed by atoms with van der Waals surface area (Å²) < 4.78 is 39.2. The second-order valence-corrected chi connectivity index (χ2v) is 8.50. The molecule has 1 aromatic carbocycles. The highest BCUT2D eigenvalue weighted by molar-refractivity contribution is 5.94. The van der Waals surface area contributed by atoms with Crippen LogP contribution in [0.4, 0.5) is 13.2 Å². The summed E-state index contributed by atoms with van der Waals surface area (Å²) in [7, 11) is 0. The zero-order chi connectivity index (χ0) is 23.6. The van der Waals surface area contributed by atoms with Crippen molar-refractivity contribution in [3.8, 4) is 0 Å². The van der Waals surface area contributed by atoms with Gasteiger partial charge in [-0.2, -0.15) is 13.2 Å². The molecule has 0 aliphatic heterocycles. The van der Waals surface area contributed by atoms with Gasteiger partial charge in [0.2, 0.25) is 0 Å². The number of carbonyl (C=O) groups excluding carboxylic acids is 1. The summed E-state index contributed by atoms with van der Waals surface area (Å²) in [6.45, 7) is 2.94. The van der Waals surface area contributed by atoms with Gasteiger partial charge < -0.3 is 15.1 Å². The van der Waals surface area contributed by atoms with E-state index in [0.29, 0.717) is 39.2 Å². The molecule has 6 nitrogen and oxygen atoms in total. The van der Waals surface area contributed by atoms with Crippen LogP contribution in [0.1, 0.15) is 61.1 Å². The Morgan fingerprint density at radius 2 is 1.81 bits per heavy atom. The molecule has 174 valence electrons. The Morgan fingerprint density at radius 3 is 2.28 bits per heavy atom. The third kappa shape index (κ3) is 4.49. The van der Waals surface area contributed by atoms with Crippen molar-refractivity contribution in [1.29, 1.82) is 0 Å². The minimum absolute atomic E-state index is 0.0539. The smallest absolute Gasteiger partial charge is 0.395 e. The molecule has 1 fully saturated rings. The monoisotopic (exact) mass is 451 g/mol. The number of nitrogens with zero attached hydrogens (tertiary/aromatic N) is 3. The van der Waals surface area contributed by atoms with Crippen molar-refractivity contribution in [3.05, 3.63) is 59.7 Å². The van der Waals surface area contributed by atoms with Crippen LogP contribution < -0.4 is 0 Å². The van der Waals surface area contributed by atoms with E-state index in [1.807, 2.05) is 6.92 Å². The van der Waals surface area contributed by atoms with Gasteiger partial charge in [0.05, 0.1) is 12.3 Å². The molecule has 0 radical (unpaired) electrons. The summed E-state index contributed by atoms with van der Waals surface area (Å²) in [4.78, 5) is 23.3. The number of alkyl halides is 3. The molecule has 1 saturated carbocycles. The van der Waals surface area contributed by atoms with E-state index in [9.17, 15) is 28.2 Å². The predicted octanol–water partition coefficient (Wildman–Crippen LogP) is 3.58. The van der Waals surface area contributed by atoms with Gasteiger partial charge in [-0.25, -0.2) is 0 Å². The molecule has 1 unspecified atom stereocenters. The van der Waals surface area contributed by atoms with Crippen molar-refractivity contribution in [2.45, 2.75) is 62.8 Å². The van der Waals surface area contributed by atoms with Gasteiger partial charge in [0.25, 0.3) is 5.91 Å². The first-order valence-electron chi connectivity index (χ1n) is 10.6. The second-order valence-electron chi connectivity index (χ2n) is 8.50. The van der Waals surface area contributed by atoms with E-state index in [1.165, 1.54) is 12.1 Å². The zero-order valence-corrected chi connectivity index (χ0v) is 18.1. The lowest BCUT2D eigenvalue weighted by Crippen LogP contribution is -2.46. The molecule has 1 aliphatic carbocycles. The molecule has 1 aliphatic rings. The Morgan fingerprint density at radius 1 is 1.19 bits per heavy atom. The Bertz CT molecular complexity index is 910. The molecular weight excluding hydrogens is 423 g/mol. The predicted molar refractivity (Wildman–Crippen MR) is 112 cm³/mol. The molecule has 2 aromatic rings. The third-order valence-electron chi connectivity index (χ3n) is 6.61. The first kappa shape index (κ1) is 24.1. The van der Waals surface area contributed by atoms with Gasteiger partial charge in [-0.1, -0.05) is 12.1 Å². The molecule has 0 bridgehead atoms. The van der Waals surface area contributed by atoms with Gasteiger partial charge in [-0.3, -0.25) is 14.8 Å². The Labute approximate surface area is 185 Å². The number of rotatable bonds is 6. The minimum atomic E-state index is -4.82. The van der Waals surface area contributed by atoms with Gasteiger partial charge >= 0.3 is 6.18 Å². The van der Waals surface area contributed by atoms with Crippen molar-refractivity contribution >= 4 is 5.91 Å². The Hall–Kier alpha value is -2.52. The van der Waals surface area contributed by atoms with Crippen LogP contribution in [0.5, 0.6) is 0 Å². The lowest BCUT2D eigenvalue weighted by molar-refractivity contribution is -0.258. The summed E-state index contributed by atoms with van der Waals surface area (Å²) in [5.41, 5.74) is -2.79. The third-order valence-corrected chi connectivity index (χ3v) is 6.61. The number of carbonyl (C=O) groups is 1. The SMILES string of the molecule is CCN(C(=O)c1ccc(C(C)(O)C(F)(F)F)cc1)C1CCC(CO)(c2cnccn2)CC1. The van der Waals surface area contributed by atoms with Crippen LogP contribution >= 0.6 is 0 Å². The molecule has 0 saturated heterocycles. The van der Waals surface area contributed by atoms with Gasteiger partial charge in [0.1, 0.15) is 0 Å². The molecule has 1 aromatic heterocycles. The highest BCUT2D eigenvalue weighted by Crippen LogP contribution is 2.40. The quantitative estimate of drug-likeness (QED) is 0.701. The van der Waals surface area contributed by atoms with Gasteiger partial charge in [0, 0.05) is 42.2 Å². The van der Waals surface area contributed by atoms with Crippen LogP contribution in [0, 0.1) is 0 Å². The van der Waals surface area contributed by atoms with Crippen molar-refractivity contribution in [2.75, 3.05) is 13.2 Å². The Balaban J connectivity index is 1.73. The van der Waals surface area contributed by atoms with Crippen molar-refractivity contribution in [2.24, 2.45) is 0 Å². The van der Waals surface area contributed by atoms with E-state index in [2.05, 4.69) is 9.97 Å². The number of aliphatic hydroxyl groups excluding tert-OH is 1. The van der Waals surface area contributed by atoms with Crippen LogP contribution in [0.15, 0.2) is 42.9 Å². The molecular formula is C23H28F3N3O3. The zero-order valence-electron chi connectivity index (χ0n) is 18.1.